The lowest BCUT2D eigenvalue weighted by atomic mass is 9.96. The summed E-state index contributed by atoms with van der Waals surface area (Å²) in [5, 5.41) is 7.39. The molecule has 0 bridgehead atoms. The van der Waals surface area contributed by atoms with Crippen molar-refractivity contribution in [3.8, 4) is 5.82 Å². The van der Waals surface area contributed by atoms with E-state index < -0.39 is 0 Å². The van der Waals surface area contributed by atoms with Gasteiger partial charge in [0.1, 0.15) is 11.4 Å². The van der Waals surface area contributed by atoms with Crippen LogP contribution in [0.5, 0.6) is 0 Å². The van der Waals surface area contributed by atoms with Gasteiger partial charge >= 0.3 is 0 Å². The summed E-state index contributed by atoms with van der Waals surface area (Å²) >= 11 is 0. The number of hydrogen-bond donors (Lipinski definition) is 1. The quantitative estimate of drug-likeness (QED) is 0.753. The number of aromatic nitrogens is 3. The van der Waals surface area contributed by atoms with Crippen LogP contribution in [0.4, 0.5) is 0 Å². The predicted molar refractivity (Wildman–Crippen MR) is 96.7 cm³/mol. The highest BCUT2D eigenvalue weighted by Gasteiger charge is 2.42. The van der Waals surface area contributed by atoms with E-state index in [0.717, 1.165) is 12.2 Å². The number of carbonyl (C=O) groups excluding carboxylic acids is 1. The molecule has 1 saturated carbocycles. The van der Waals surface area contributed by atoms with Crippen LogP contribution in [0.25, 0.3) is 5.82 Å². The summed E-state index contributed by atoms with van der Waals surface area (Å²) in [6, 6.07) is 14.4. The molecule has 5 nitrogen and oxygen atoms in total. The van der Waals surface area contributed by atoms with Gasteiger partial charge in [0.2, 0.25) is 0 Å². The number of rotatable bonds is 6. The second kappa shape index (κ2) is 6.24. The molecule has 2 aromatic heterocycles. The van der Waals surface area contributed by atoms with Gasteiger partial charge in [-0.25, -0.2) is 0 Å². The highest BCUT2D eigenvalue weighted by atomic mass is 16.1. The van der Waals surface area contributed by atoms with Crippen molar-refractivity contribution in [1.82, 2.24) is 19.7 Å². The molecule has 0 unspecified atom stereocenters. The second-order valence-corrected chi connectivity index (χ2v) is 6.94. The maximum Gasteiger partial charge on any atom is 0.256 e. The lowest BCUT2D eigenvalue weighted by molar-refractivity contribution is 0.0944. The van der Waals surface area contributed by atoms with Gasteiger partial charge in [0, 0.05) is 26.0 Å². The third-order valence-corrected chi connectivity index (χ3v) is 5.00. The molecule has 4 rings (SSSR count). The molecule has 5 heteroatoms. The molecule has 0 atom stereocenters. The van der Waals surface area contributed by atoms with Gasteiger partial charge in [0.05, 0.1) is 6.20 Å². The first-order chi connectivity index (χ1) is 12.2. The van der Waals surface area contributed by atoms with Gasteiger partial charge in [0.25, 0.3) is 5.91 Å². The van der Waals surface area contributed by atoms with Crippen LogP contribution >= 0.6 is 0 Å². The van der Waals surface area contributed by atoms with E-state index in [1.165, 1.54) is 18.4 Å². The smallest absolute Gasteiger partial charge is 0.256 e. The Labute approximate surface area is 147 Å². The minimum absolute atomic E-state index is 0.0591. The molecule has 0 aliphatic heterocycles. The lowest BCUT2D eigenvalue weighted by Crippen LogP contribution is -2.31. The van der Waals surface area contributed by atoms with Crippen molar-refractivity contribution in [1.29, 1.82) is 0 Å². The molecule has 1 aliphatic rings. The number of benzene rings is 1. The number of nitrogens with zero attached hydrogens (tertiary/aromatic N) is 3. The first kappa shape index (κ1) is 15.7. The molecule has 1 aliphatic carbocycles. The molecule has 1 amide bonds. The van der Waals surface area contributed by atoms with Crippen LogP contribution in [0.3, 0.4) is 0 Å². The zero-order valence-electron chi connectivity index (χ0n) is 14.4. The van der Waals surface area contributed by atoms with Crippen molar-refractivity contribution in [2.45, 2.75) is 19.3 Å². The Balaban J connectivity index is 1.45. The summed E-state index contributed by atoms with van der Waals surface area (Å²) in [5.41, 5.74) is 2.16. The van der Waals surface area contributed by atoms with Gasteiger partial charge < -0.3 is 9.88 Å². The minimum Gasteiger partial charge on any atom is -0.351 e. The van der Waals surface area contributed by atoms with Crippen LogP contribution in [-0.2, 0) is 13.5 Å². The van der Waals surface area contributed by atoms with Gasteiger partial charge in [-0.05, 0) is 42.4 Å². The molecular weight excluding hydrogens is 312 g/mol. The molecule has 0 radical (unpaired) electrons. The van der Waals surface area contributed by atoms with E-state index in [1.54, 1.807) is 10.9 Å². The van der Waals surface area contributed by atoms with Gasteiger partial charge in [-0.3, -0.25) is 9.48 Å². The van der Waals surface area contributed by atoms with Gasteiger partial charge in [-0.15, -0.1) is 0 Å². The van der Waals surface area contributed by atoms with E-state index >= 15 is 0 Å². The number of nitrogens with one attached hydrogen (secondary N) is 1. The summed E-state index contributed by atoms with van der Waals surface area (Å²) in [7, 11) is 1.85. The van der Waals surface area contributed by atoms with Crippen molar-refractivity contribution in [2.75, 3.05) is 6.54 Å². The number of hydrogen-bond acceptors (Lipinski definition) is 2. The van der Waals surface area contributed by atoms with Gasteiger partial charge in [0.15, 0.2) is 0 Å². The zero-order valence-corrected chi connectivity index (χ0v) is 14.4. The molecule has 1 fully saturated rings. The molecule has 3 aromatic rings. The number of amides is 1. The fourth-order valence-electron chi connectivity index (χ4n) is 3.36. The molecule has 1 aromatic carbocycles. The summed E-state index contributed by atoms with van der Waals surface area (Å²) in [4.78, 5) is 12.7. The van der Waals surface area contributed by atoms with E-state index in [4.69, 9.17) is 0 Å². The maximum atomic E-state index is 12.7. The summed E-state index contributed by atoms with van der Waals surface area (Å²) in [5.74, 6) is 0.728. The van der Waals surface area contributed by atoms with Crippen molar-refractivity contribution >= 4 is 5.91 Å². The Morgan fingerprint density at radius 2 is 1.88 bits per heavy atom. The van der Waals surface area contributed by atoms with E-state index in [-0.39, 0.29) is 11.3 Å². The Hall–Kier alpha value is -2.82. The molecule has 0 spiro atoms. The monoisotopic (exact) mass is 334 g/mol. The SMILES string of the molecule is Cn1ncc(C(=O)NCC2(Cc3ccccc3)CC2)c1-n1cccc1. The van der Waals surface area contributed by atoms with Crippen LogP contribution in [0.15, 0.2) is 61.1 Å². The van der Waals surface area contributed by atoms with Crippen LogP contribution in [-0.4, -0.2) is 26.8 Å². The maximum absolute atomic E-state index is 12.7. The molecule has 0 saturated heterocycles. The van der Waals surface area contributed by atoms with E-state index in [0.29, 0.717) is 12.1 Å². The molecule has 128 valence electrons. The highest BCUT2D eigenvalue weighted by Crippen LogP contribution is 2.47. The first-order valence-electron chi connectivity index (χ1n) is 8.64. The average molecular weight is 334 g/mol. The van der Waals surface area contributed by atoms with Crippen LogP contribution in [0.2, 0.25) is 0 Å². The molecule has 2 heterocycles. The zero-order chi connectivity index (χ0) is 17.3. The standard InChI is InChI=1S/C20H22N4O/c1-23-19(24-11-5-6-12-24)17(14-22-23)18(25)21-15-20(9-10-20)13-16-7-3-2-4-8-16/h2-8,11-12,14H,9-10,13,15H2,1H3,(H,21,25). The highest BCUT2D eigenvalue weighted by molar-refractivity contribution is 5.97. The van der Waals surface area contributed by atoms with E-state index in [2.05, 4.69) is 34.7 Å². The topological polar surface area (TPSA) is 51.9 Å². The van der Waals surface area contributed by atoms with E-state index in [9.17, 15) is 4.79 Å². The Morgan fingerprint density at radius 1 is 1.16 bits per heavy atom. The van der Waals surface area contributed by atoms with Crippen LogP contribution < -0.4 is 5.32 Å². The Bertz CT molecular complexity index is 861. The van der Waals surface area contributed by atoms with Gasteiger partial charge in [-0.2, -0.15) is 5.10 Å². The minimum atomic E-state index is -0.0591. The molecule has 25 heavy (non-hydrogen) atoms. The largest absolute Gasteiger partial charge is 0.351 e. The van der Waals surface area contributed by atoms with Gasteiger partial charge in [-0.1, -0.05) is 30.3 Å². The van der Waals surface area contributed by atoms with E-state index in [1.807, 2.05) is 42.2 Å². The van der Waals surface area contributed by atoms with Crippen LogP contribution in [0.1, 0.15) is 28.8 Å². The Kier molecular flexibility index (Phi) is 3.92. The first-order valence-corrected chi connectivity index (χ1v) is 8.64. The van der Waals surface area contributed by atoms with Crippen molar-refractivity contribution in [3.05, 3.63) is 72.2 Å². The Morgan fingerprint density at radius 3 is 2.56 bits per heavy atom. The summed E-state index contributed by atoms with van der Waals surface area (Å²) in [6.07, 6.45) is 8.84. The number of carbonyl (C=O) groups is 1. The fourth-order valence-corrected chi connectivity index (χ4v) is 3.36. The second-order valence-electron chi connectivity index (χ2n) is 6.94. The lowest BCUT2D eigenvalue weighted by Gasteiger charge is -2.16. The molecule has 1 N–H and O–H groups in total. The summed E-state index contributed by atoms with van der Waals surface area (Å²) in [6.45, 7) is 0.709. The summed E-state index contributed by atoms with van der Waals surface area (Å²) < 4.78 is 3.64. The van der Waals surface area contributed by atoms with Crippen molar-refractivity contribution in [3.63, 3.8) is 0 Å². The fraction of sp³-hybridized carbons (Fsp3) is 0.300. The third kappa shape index (κ3) is 3.22. The van der Waals surface area contributed by atoms with Crippen molar-refractivity contribution in [2.24, 2.45) is 12.5 Å². The average Bonchev–Trinajstić information content (AvgIpc) is 3.01. The third-order valence-electron chi connectivity index (χ3n) is 5.00. The van der Waals surface area contributed by atoms with Crippen LogP contribution in [0, 0.1) is 5.41 Å². The normalized spacial score (nSPS) is 15.1. The molecular formula is C20H22N4O. The predicted octanol–water partition coefficient (Wildman–Crippen LogP) is 2.96. The van der Waals surface area contributed by atoms with Crippen molar-refractivity contribution < 1.29 is 4.79 Å². The number of aryl methyl sites for hydroxylation is 1.